The van der Waals surface area contributed by atoms with Crippen molar-refractivity contribution in [2.45, 2.75) is 446 Å². The van der Waals surface area contributed by atoms with Crippen molar-refractivity contribution < 1.29 is 89.4 Å². The highest BCUT2D eigenvalue weighted by molar-refractivity contribution is 5.76. The van der Waals surface area contributed by atoms with Crippen molar-refractivity contribution >= 4 is 5.91 Å². The zero-order valence-electron chi connectivity index (χ0n) is 68.7. The molecule has 3 rings (SSSR count). The van der Waals surface area contributed by atoms with Crippen molar-refractivity contribution in [2.75, 3.05) is 26.4 Å². The average Bonchev–Trinajstić information content (AvgIpc) is 0.780. The van der Waals surface area contributed by atoms with Gasteiger partial charge in [-0.05, 0) is 89.9 Å². The molecule has 1 amide bonds. The second-order valence-electron chi connectivity index (χ2n) is 31.3. The Morgan fingerprint density at radius 2 is 0.636 bits per heavy atom. The minimum absolute atomic E-state index is 0.232. The van der Waals surface area contributed by atoms with Crippen LogP contribution in [-0.4, -0.2) is 193 Å². The predicted octanol–water partition coefficient (Wildman–Crippen LogP) is 16.7. The minimum Gasteiger partial charge on any atom is -0.394 e. The normalized spacial score (nSPS) is 25.6. The molecule has 0 bridgehead atoms. The number of hydrogen-bond donors (Lipinski definition) is 12. The quantitative estimate of drug-likeness (QED) is 0.0199. The van der Waals surface area contributed by atoms with Gasteiger partial charge in [0.1, 0.15) is 73.2 Å². The second kappa shape index (κ2) is 70.0. The fourth-order valence-electron chi connectivity index (χ4n) is 14.5. The third-order valence-electron chi connectivity index (χ3n) is 21.6. The predicted molar refractivity (Wildman–Crippen MR) is 443 cm³/mol. The van der Waals surface area contributed by atoms with Gasteiger partial charge in [0.05, 0.1) is 38.6 Å². The molecule has 0 saturated carbocycles. The molecule has 3 heterocycles. The van der Waals surface area contributed by atoms with Crippen molar-refractivity contribution in [3.63, 3.8) is 0 Å². The number of rotatable bonds is 71. The highest BCUT2D eigenvalue weighted by Crippen LogP contribution is 2.33. The Morgan fingerprint density at radius 3 is 1.02 bits per heavy atom. The molecule has 0 aromatic carbocycles. The van der Waals surface area contributed by atoms with Gasteiger partial charge in [-0.2, -0.15) is 0 Å². The van der Waals surface area contributed by atoms with Gasteiger partial charge in [-0.25, -0.2) is 0 Å². The Morgan fingerprint density at radius 1 is 0.336 bits per heavy atom. The summed E-state index contributed by atoms with van der Waals surface area (Å²) in [6, 6.07) is -1.00. The Balaban J connectivity index is 1.32. The highest BCUT2D eigenvalue weighted by atomic mass is 16.8. The van der Waals surface area contributed by atoms with Crippen LogP contribution < -0.4 is 5.32 Å². The zero-order chi connectivity index (χ0) is 79.5. The number of carbonyl (C=O) groups is 1. The molecule has 0 aromatic rings. The molecule has 3 saturated heterocycles. The van der Waals surface area contributed by atoms with Crippen molar-refractivity contribution in [3.8, 4) is 0 Å². The first-order valence-corrected chi connectivity index (χ1v) is 44.5. The standard InChI is InChI=1S/C91H161NO18/c1-3-5-7-9-11-13-15-17-19-21-23-25-27-29-31-32-33-34-35-36-37-38-39-40-41-42-43-45-47-49-51-53-55-57-59-61-63-65-67-69-79(97)92-74(75(96)68-66-64-62-60-58-56-54-52-50-48-46-44-30-28-26-24-22-20-18-16-14-12-10-8-6-4-2)73-105-89-85(103)82(100)87(77(71-94)107-89)110-91-86(104)83(101)88(78(72-95)108-91)109-90-84(102)81(99)80(98)76(70-93)106-90/h5,7,11,13,17,19,23,25,29,31,50,52,58,60,66,68,74-78,80-91,93-96,98-104H,3-4,6,8-10,12,14-16,18,20-22,24,26-28,30,32-49,51,53-57,59,61-65,67,69-73H2,1-2H3,(H,92,97)/b7-5-,13-11-,19-17-,25-23-,31-29-,52-50+,60-58+,68-66+. The van der Waals surface area contributed by atoms with Crippen molar-refractivity contribution in [1.29, 1.82) is 0 Å². The van der Waals surface area contributed by atoms with Gasteiger partial charge in [-0.15, -0.1) is 0 Å². The number of nitrogens with one attached hydrogen (secondary N) is 1. The van der Waals surface area contributed by atoms with E-state index in [2.05, 4.69) is 104 Å². The first kappa shape index (κ1) is 101. The van der Waals surface area contributed by atoms with Crippen molar-refractivity contribution in [1.82, 2.24) is 5.32 Å². The number of hydrogen-bond acceptors (Lipinski definition) is 18. The lowest BCUT2D eigenvalue weighted by molar-refractivity contribution is -0.379. The van der Waals surface area contributed by atoms with E-state index in [-0.39, 0.29) is 18.9 Å². The van der Waals surface area contributed by atoms with E-state index in [1.54, 1.807) is 6.08 Å². The smallest absolute Gasteiger partial charge is 0.220 e. The van der Waals surface area contributed by atoms with Crippen LogP contribution >= 0.6 is 0 Å². The Hall–Kier alpha value is -3.29. The molecule has 0 aromatic heterocycles. The number of aliphatic hydroxyl groups excluding tert-OH is 11. The maximum absolute atomic E-state index is 13.5. The molecule has 3 aliphatic heterocycles. The first-order chi connectivity index (χ1) is 53.8. The molecule has 0 radical (unpaired) electrons. The summed E-state index contributed by atoms with van der Waals surface area (Å²) in [4.78, 5) is 13.5. The summed E-state index contributed by atoms with van der Waals surface area (Å²) in [5.74, 6) is -0.286. The summed E-state index contributed by atoms with van der Waals surface area (Å²) in [7, 11) is 0. The molecule has 17 atom stereocenters. The summed E-state index contributed by atoms with van der Waals surface area (Å²) in [5, 5.41) is 121. The zero-order valence-corrected chi connectivity index (χ0v) is 68.7. The molecule has 0 spiro atoms. The van der Waals surface area contributed by atoms with E-state index < -0.39 is 124 Å². The third kappa shape index (κ3) is 48.3. The fourth-order valence-corrected chi connectivity index (χ4v) is 14.5. The molecule has 110 heavy (non-hydrogen) atoms. The Bertz CT molecular complexity index is 2360. The van der Waals surface area contributed by atoms with Crippen LogP contribution in [0.1, 0.15) is 341 Å². The van der Waals surface area contributed by atoms with E-state index in [0.29, 0.717) is 12.8 Å². The Kier molecular flexibility index (Phi) is 64.2. The molecule has 638 valence electrons. The molecule has 17 unspecified atom stereocenters. The number of carbonyl (C=O) groups excluding carboxylic acids is 1. The van der Waals surface area contributed by atoms with Gasteiger partial charge in [-0.1, -0.05) is 342 Å². The van der Waals surface area contributed by atoms with Gasteiger partial charge in [0.15, 0.2) is 18.9 Å². The maximum atomic E-state index is 13.5. The fraction of sp³-hybridized carbons (Fsp3) is 0.813. The molecular formula is C91H161NO18. The van der Waals surface area contributed by atoms with E-state index in [4.69, 9.17) is 28.4 Å². The maximum Gasteiger partial charge on any atom is 0.220 e. The monoisotopic (exact) mass is 1560 g/mol. The summed E-state index contributed by atoms with van der Waals surface area (Å²) in [6.07, 6.45) is 69.9. The van der Waals surface area contributed by atoms with Gasteiger partial charge in [0, 0.05) is 6.42 Å². The molecule has 3 fully saturated rings. The molecule has 3 aliphatic rings. The average molecular weight is 1560 g/mol. The SMILES string of the molecule is CC/C=C\C/C=C\C/C=C\C/C=C\C/C=C\CCCCCCCCCCCCCCCCCCCCCCCCCC(=O)NC(COC1OC(CO)C(OC2OC(CO)C(OC3OC(CO)C(O)C(O)C3O)C(O)C2O)C(O)C1O)C(O)/C=C/CC/C=C/CC/C=C/CCCCCCCCCCCCCCCCCC. The first-order valence-electron chi connectivity index (χ1n) is 44.5. The number of ether oxygens (including phenoxy) is 6. The Labute approximate surface area is 666 Å². The second-order valence-corrected chi connectivity index (χ2v) is 31.3. The van der Waals surface area contributed by atoms with Crippen LogP contribution in [0, 0.1) is 0 Å². The third-order valence-corrected chi connectivity index (χ3v) is 21.6. The van der Waals surface area contributed by atoms with E-state index in [0.717, 1.165) is 77.0 Å². The van der Waals surface area contributed by atoms with Crippen LogP contribution in [0.3, 0.4) is 0 Å². The van der Waals surface area contributed by atoms with Crippen LogP contribution in [0.25, 0.3) is 0 Å². The summed E-state index contributed by atoms with van der Waals surface area (Å²) in [6.45, 7) is 1.64. The lowest BCUT2D eigenvalue weighted by atomic mass is 9.96. The summed E-state index contributed by atoms with van der Waals surface area (Å²) in [5.41, 5.74) is 0. The highest BCUT2D eigenvalue weighted by Gasteiger charge is 2.54. The van der Waals surface area contributed by atoms with Gasteiger partial charge in [0.25, 0.3) is 0 Å². The largest absolute Gasteiger partial charge is 0.394 e. The van der Waals surface area contributed by atoms with Crippen LogP contribution in [-0.2, 0) is 33.2 Å². The van der Waals surface area contributed by atoms with E-state index in [9.17, 15) is 61.0 Å². The van der Waals surface area contributed by atoms with Crippen molar-refractivity contribution in [3.05, 3.63) is 97.2 Å². The molecular weight excluding hydrogens is 1390 g/mol. The lowest BCUT2D eigenvalue weighted by Gasteiger charge is -2.48. The van der Waals surface area contributed by atoms with Gasteiger partial charge < -0.3 is 89.9 Å². The lowest BCUT2D eigenvalue weighted by Crippen LogP contribution is -2.66. The van der Waals surface area contributed by atoms with Gasteiger partial charge >= 0.3 is 0 Å². The van der Waals surface area contributed by atoms with Crippen LogP contribution in [0.15, 0.2) is 97.2 Å². The molecule has 12 N–H and O–H groups in total. The van der Waals surface area contributed by atoms with Crippen LogP contribution in [0.4, 0.5) is 0 Å². The van der Waals surface area contributed by atoms with E-state index in [1.165, 1.54) is 231 Å². The van der Waals surface area contributed by atoms with Crippen LogP contribution in [0.2, 0.25) is 0 Å². The molecule has 19 heteroatoms. The van der Waals surface area contributed by atoms with Gasteiger partial charge in [0.2, 0.25) is 5.91 Å². The summed E-state index contributed by atoms with van der Waals surface area (Å²) >= 11 is 0. The molecule has 19 nitrogen and oxygen atoms in total. The van der Waals surface area contributed by atoms with Crippen LogP contribution in [0.5, 0.6) is 0 Å². The number of amides is 1. The number of unbranched alkanes of at least 4 members (excludes halogenated alkanes) is 41. The topological polar surface area (TPSA) is 307 Å². The van der Waals surface area contributed by atoms with Crippen molar-refractivity contribution in [2.24, 2.45) is 0 Å². The van der Waals surface area contributed by atoms with E-state index in [1.807, 2.05) is 6.08 Å². The number of aliphatic hydroxyl groups is 11. The molecule has 0 aliphatic carbocycles. The minimum atomic E-state index is -1.99. The van der Waals surface area contributed by atoms with E-state index >= 15 is 0 Å². The summed E-state index contributed by atoms with van der Waals surface area (Å²) < 4.78 is 34.5. The van der Waals surface area contributed by atoms with Gasteiger partial charge in [-0.3, -0.25) is 4.79 Å². The number of allylic oxidation sites excluding steroid dienone is 15.